The van der Waals surface area contributed by atoms with Crippen molar-refractivity contribution in [1.29, 1.82) is 5.26 Å². The molecule has 0 saturated heterocycles. The number of benzene rings is 1. The van der Waals surface area contributed by atoms with Gasteiger partial charge in [0, 0.05) is 29.7 Å². The summed E-state index contributed by atoms with van der Waals surface area (Å²) in [6.07, 6.45) is 8.34. The SMILES string of the molecule is CCCCOC(=O)/C(C#N)=C/c1cn(-c2ccccc2)nc1-c1ccncc1. The molecule has 0 amide bonds. The molecule has 0 saturated carbocycles. The second kappa shape index (κ2) is 9.28. The molecule has 3 aromatic rings. The Kier molecular flexibility index (Phi) is 6.32. The van der Waals surface area contributed by atoms with Crippen molar-refractivity contribution in [3.05, 3.63) is 72.2 Å². The van der Waals surface area contributed by atoms with Gasteiger partial charge in [-0.25, -0.2) is 9.48 Å². The highest BCUT2D eigenvalue weighted by molar-refractivity contribution is 5.98. The highest BCUT2D eigenvalue weighted by Gasteiger charge is 2.15. The molecule has 6 nitrogen and oxygen atoms in total. The normalized spacial score (nSPS) is 11.1. The first-order chi connectivity index (χ1) is 13.7. The lowest BCUT2D eigenvalue weighted by Crippen LogP contribution is -2.07. The first-order valence-electron chi connectivity index (χ1n) is 9.07. The summed E-state index contributed by atoms with van der Waals surface area (Å²) in [6.45, 7) is 2.31. The van der Waals surface area contributed by atoms with E-state index in [0.29, 0.717) is 17.9 Å². The smallest absolute Gasteiger partial charge is 0.348 e. The minimum atomic E-state index is -0.621. The predicted octanol–water partition coefficient (Wildman–Crippen LogP) is 4.18. The van der Waals surface area contributed by atoms with Crippen molar-refractivity contribution in [1.82, 2.24) is 14.8 Å². The van der Waals surface area contributed by atoms with Crippen LogP contribution >= 0.6 is 0 Å². The topological polar surface area (TPSA) is 80.8 Å². The number of carbonyl (C=O) groups excluding carboxylic acids is 1. The second-order valence-corrected chi connectivity index (χ2v) is 6.11. The van der Waals surface area contributed by atoms with Crippen LogP contribution in [0, 0.1) is 11.3 Å². The van der Waals surface area contributed by atoms with Gasteiger partial charge in [0.05, 0.1) is 12.3 Å². The lowest BCUT2D eigenvalue weighted by Gasteiger charge is -2.02. The molecule has 3 rings (SSSR count). The third kappa shape index (κ3) is 4.51. The number of rotatable bonds is 7. The van der Waals surface area contributed by atoms with Crippen LogP contribution in [0.5, 0.6) is 0 Å². The van der Waals surface area contributed by atoms with E-state index >= 15 is 0 Å². The van der Waals surface area contributed by atoms with E-state index in [2.05, 4.69) is 10.1 Å². The summed E-state index contributed by atoms with van der Waals surface area (Å²) in [5.74, 6) is -0.621. The van der Waals surface area contributed by atoms with Crippen LogP contribution in [0.1, 0.15) is 25.3 Å². The zero-order valence-corrected chi connectivity index (χ0v) is 15.6. The Morgan fingerprint density at radius 1 is 1.21 bits per heavy atom. The molecule has 0 fully saturated rings. The summed E-state index contributed by atoms with van der Waals surface area (Å²) in [4.78, 5) is 16.3. The molecule has 0 atom stereocenters. The summed E-state index contributed by atoms with van der Waals surface area (Å²) >= 11 is 0. The van der Waals surface area contributed by atoms with E-state index < -0.39 is 5.97 Å². The molecular weight excluding hydrogens is 352 g/mol. The molecule has 140 valence electrons. The predicted molar refractivity (Wildman–Crippen MR) is 106 cm³/mol. The summed E-state index contributed by atoms with van der Waals surface area (Å²) in [5.41, 5.74) is 2.97. The van der Waals surface area contributed by atoms with Crippen LogP contribution in [0.15, 0.2) is 66.6 Å². The Hall–Kier alpha value is -3.72. The Morgan fingerprint density at radius 2 is 1.96 bits per heavy atom. The van der Waals surface area contributed by atoms with Crippen molar-refractivity contribution >= 4 is 12.0 Å². The van der Waals surface area contributed by atoms with Crippen LogP contribution in [-0.2, 0) is 9.53 Å². The van der Waals surface area contributed by atoms with Crippen molar-refractivity contribution in [2.24, 2.45) is 0 Å². The highest BCUT2D eigenvalue weighted by Crippen LogP contribution is 2.25. The fourth-order valence-corrected chi connectivity index (χ4v) is 2.62. The third-order valence-corrected chi connectivity index (χ3v) is 4.09. The highest BCUT2D eigenvalue weighted by atomic mass is 16.5. The molecule has 0 N–H and O–H groups in total. The average molecular weight is 372 g/mol. The number of pyridine rings is 1. The van der Waals surface area contributed by atoms with Gasteiger partial charge < -0.3 is 4.74 Å². The van der Waals surface area contributed by atoms with E-state index in [9.17, 15) is 10.1 Å². The number of para-hydroxylation sites is 1. The zero-order chi connectivity index (χ0) is 19.8. The number of nitriles is 1. The summed E-state index contributed by atoms with van der Waals surface area (Å²) in [7, 11) is 0. The van der Waals surface area contributed by atoms with Gasteiger partial charge in [-0.2, -0.15) is 10.4 Å². The van der Waals surface area contributed by atoms with Crippen LogP contribution < -0.4 is 0 Å². The summed E-state index contributed by atoms with van der Waals surface area (Å²) in [5, 5.41) is 14.1. The molecular formula is C22H20N4O2. The Bertz CT molecular complexity index is 1000. The van der Waals surface area contributed by atoms with Crippen LogP contribution in [-0.4, -0.2) is 27.3 Å². The number of carbonyl (C=O) groups is 1. The van der Waals surface area contributed by atoms with E-state index in [1.165, 1.54) is 6.08 Å². The van der Waals surface area contributed by atoms with Gasteiger partial charge >= 0.3 is 5.97 Å². The van der Waals surface area contributed by atoms with Gasteiger partial charge in [-0.3, -0.25) is 4.98 Å². The molecule has 2 aromatic heterocycles. The van der Waals surface area contributed by atoms with Crippen LogP contribution in [0.25, 0.3) is 23.0 Å². The fraction of sp³-hybridized carbons (Fsp3) is 0.182. The van der Waals surface area contributed by atoms with Crippen molar-refractivity contribution in [3.8, 4) is 23.0 Å². The van der Waals surface area contributed by atoms with Gasteiger partial charge in [-0.1, -0.05) is 31.5 Å². The number of esters is 1. The molecule has 1 aromatic carbocycles. The molecule has 28 heavy (non-hydrogen) atoms. The van der Waals surface area contributed by atoms with Gasteiger partial charge in [0.1, 0.15) is 17.3 Å². The molecule has 6 heteroatoms. The average Bonchev–Trinajstić information content (AvgIpc) is 3.17. The van der Waals surface area contributed by atoms with E-state index in [4.69, 9.17) is 4.74 Å². The quantitative estimate of drug-likeness (QED) is 0.269. The van der Waals surface area contributed by atoms with Crippen molar-refractivity contribution in [2.75, 3.05) is 6.61 Å². The number of unbranched alkanes of at least 4 members (excludes halogenated alkanes) is 1. The van der Waals surface area contributed by atoms with Gasteiger partial charge in [0.2, 0.25) is 0 Å². The first-order valence-corrected chi connectivity index (χ1v) is 9.07. The Labute approximate surface area is 163 Å². The molecule has 0 aliphatic heterocycles. The maximum absolute atomic E-state index is 12.2. The third-order valence-electron chi connectivity index (χ3n) is 4.09. The molecule has 0 bridgehead atoms. The van der Waals surface area contributed by atoms with E-state index in [1.807, 2.05) is 55.5 Å². The summed E-state index contributed by atoms with van der Waals surface area (Å²) < 4.78 is 6.90. The Morgan fingerprint density at radius 3 is 2.64 bits per heavy atom. The number of hydrogen-bond acceptors (Lipinski definition) is 5. The van der Waals surface area contributed by atoms with E-state index in [0.717, 1.165) is 24.1 Å². The number of aromatic nitrogens is 3. The number of hydrogen-bond donors (Lipinski definition) is 0. The van der Waals surface area contributed by atoms with Crippen LogP contribution in [0.2, 0.25) is 0 Å². The monoisotopic (exact) mass is 372 g/mol. The summed E-state index contributed by atoms with van der Waals surface area (Å²) in [6, 6.07) is 15.2. The zero-order valence-electron chi connectivity index (χ0n) is 15.6. The number of nitrogens with zero attached hydrogens (tertiary/aromatic N) is 4. The second-order valence-electron chi connectivity index (χ2n) is 6.11. The van der Waals surface area contributed by atoms with Crippen molar-refractivity contribution in [3.63, 3.8) is 0 Å². The minimum Gasteiger partial charge on any atom is -0.462 e. The lowest BCUT2D eigenvalue weighted by atomic mass is 10.1. The van der Waals surface area contributed by atoms with Gasteiger partial charge in [0.15, 0.2) is 0 Å². The van der Waals surface area contributed by atoms with Crippen LogP contribution in [0.4, 0.5) is 0 Å². The van der Waals surface area contributed by atoms with Gasteiger partial charge in [-0.15, -0.1) is 0 Å². The van der Waals surface area contributed by atoms with E-state index in [-0.39, 0.29) is 5.57 Å². The molecule has 0 unspecified atom stereocenters. The van der Waals surface area contributed by atoms with Crippen LogP contribution in [0.3, 0.4) is 0 Å². The van der Waals surface area contributed by atoms with Crippen molar-refractivity contribution < 1.29 is 9.53 Å². The maximum atomic E-state index is 12.2. The minimum absolute atomic E-state index is 0.0565. The maximum Gasteiger partial charge on any atom is 0.348 e. The molecule has 0 aliphatic carbocycles. The molecule has 0 aliphatic rings. The largest absolute Gasteiger partial charge is 0.462 e. The molecule has 0 radical (unpaired) electrons. The standard InChI is InChI=1S/C22H20N4O2/c1-2-3-13-28-22(27)18(15-23)14-19-16-26(20-7-5-4-6-8-20)25-21(19)17-9-11-24-12-10-17/h4-12,14,16H,2-3,13H2,1H3/b18-14+. The van der Waals surface area contributed by atoms with Crippen molar-refractivity contribution in [2.45, 2.75) is 19.8 Å². The first kappa shape index (κ1) is 19.1. The van der Waals surface area contributed by atoms with Gasteiger partial charge in [0.25, 0.3) is 0 Å². The fourth-order valence-electron chi connectivity index (χ4n) is 2.62. The lowest BCUT2D eigenvalue weighted by molar-refractivity contribution is -0.138. The molecule has 0 spiro atoms. The molecule has 2 heterocycles. The Balaban J connectivity index is 2.02. The van der Waals surface area contributed by atoms with Gasteiger partial charge in [-0.05, 0) is 36.8 Å². The number of ether oxygens (including phenoxy) is 1. The van der Waals surface area contributed by atoms with E-state index in [1.54, 1.807) is 23.3 Å².